The van der Waals surface area contributed by atoms with Crippen molar-refractivity contribution in [2.75, 3.05) is 59.0 Å². The number of nitrogens with zero attached hydrogens (tertiary/aromatic N) is 4. The average molecular weight is 538 g/mol. The first-order chi connectivity index (χ1) is 19.1. The highest BCUT2D eigenvalue weighted by Crippen LogP contribution is 2.19. The Balaban J connectivity index is 1.12. The molecule has 0 saturated carbocycles. The van der Waals surface area contributed by atoms with Crippen LogP contribution in [-0.2, 0) is 13.1 Å². The maximum absolute atomic E-state index is 11.1. The van der Waals surface area contributed by atoms with Gasteiger partial charge >= 0.3 is 0 Å². The summed E-state index contributed by atoms with van der Waals surface area (Å²) in [5, 5.41) is 14.2. The molecule has 0 aliphatic carbocycles. The number of amidine groups is 1. The molecule has 0 unspecified atom stereocenters. The molecule has 0 aromatic heterocycles. The maximum Gasteiger partial charge on any atom is 0.259 e. The first-order valence-corrected chi connectivity index (χ1v) is 14.4. The zero-order valence-electron chi connectivity index (χ0n) is 23.1. The second kappa shape index (κ2) is 16.1. The predicted molar refractivity (Wildman–Crippen MR) is 154 cm³/mol. The van der Waals surface area contributed by atoms with E-state index in [1.807, 2.05) is 24.3 Å². The number of likely N-dealkylation sites (tertiary alicyclic amines) is 2. The lowest BCUT2D eigenvalue weighted by molar-refractivity contribution is -0.463. The molecule has 2 aliphatic rings. The summed E-state index contributed by atoms with van der Waals surface area (Å²) in [5.41, 5.74) is 2.54. The third-order valence-electron chi connectivity index (χ3n) is 7.08. The molecule has 2 aromatic rings. The van der Waals surface area contributed by atoms with Crippen LogP contribution >= 0.6 is 0 Å². The fourth-order valence-corrected chi connectivity index (χ4v) is 5.11. The Labute approximate surface area is 232 Å². The molecule has 212 valence electrons. The number of ether oxygens (including phenoxy) is 2. The van der Waals surface area contributed by atoms with Crippen molar-refractivity contribution < 1.29 is 14.4 Å². The minimum Gasteiger partial charge on any atom is -0.494 e. The Morgan fingerprint density at radius 1 is 0.846 bits per heavy atom. The van der Waals surface area contributed by atoms with E-state index in [1.165, 1.54) is 63.0 Å². The van der Waals surface area contributed by atoms with Gasteiger partial charge in [0.05, 0.1) is 13.2 Å². The number of hydrogen-bond donors (Lipinski definition) is 1. The predicted octanol–water partition coefficient (Wildman–Crippen LogP) is 4.38. The molecule has 9 heteroatoms. The Morgan fingerprint density at radius 2 is 1.38 bits per heavy atom. The van der Waals surface area contributed by atoms with Crippen molar-refractivity contribution in [1.82, 2.24) is 15.1 Å². The van der Waals surface area contributed by atoms with Gasteiger partial charge in [-0.2, -0.15) is 0 Å². The SMILES string of the molecule is O=[N+]([O-])CC(=NCCCOc1cccc(CN2CCCC2)c1)NCCCOc1cccc(CN2CCCC2)c1. The Kier molecular flexibility index (Phi) is 11.9. The Morgan fingerprint density at radius 3 is 1.92 bits per heavy atom. The van der Waals surface area contributed by atoms with Crippen LogP contribution in [0.2, 0.25) is 0 Å². The van der Waals surface area contributed by atoms with Crippen LogP contribution in [0.3, 0.4) is 0 Å². The topological polar surface area (TPSA) is 92.5 Å². The molecule has 4 rings (SSSR count). The van der Waals surface area contributed by atoms with Crippen LogP contribution in [0.5, 0.6) is 11.5 Å². The number of benzene rings is 2. The lowest BCUT2D eigenvalue weighted by atomic mass is 10.2. The van der Waals surface area contributed by atoms with Crippen molar-refractivity contribution in [2.24, 2.45) is 4.99 Å². The van der Waals surface area contributed by atoms with E-state index < -0.39 is 0 Å². The standard InChI is InChI=1S/C30H43N5O4/c36-35(37)25-30(31-13-7-19-38-28-11-5-9-26(21-28)23-33-15-1-2-16-33)32-14-8-20-39-29-12-6-10-27(22-29)24-34-17-3-4-18-34/h5-6,9-12,21-22H,1-4,7-8,13-20,23-25H2,(H,31,32). The summed E-state index contributed by atoms with van der Waals surface area (Å²) in [4.78, 5) is 20.1. The van der Waals surface area contributed by atoms with Crippen molar-refractivity contribution in [3.8, 4) is 11.5 Å². The van der Waals surface area contributed by atoms with E-state index in [9.17, 15) is 10.1 Å². The molecule has 0 radical (unpaired) electrons. The maximum atomic E-state index is 11.1. The van der Waals surface area contributed by atoms with Gasteiger partial charge < -0.3 is 14.8 Å². The smallest absolute Gasteiger partial charge is 0.259 e. The molecule has 0 amide bonds. The number of hydrogen-bond acceptors (Lipinski definition) is 7. The summed E-state index contributed by atoms with van der Waals surface area (Å²) < 4.78 is 11.8. The summed E-state index contributed by atoms with van der Waals surface area (Å²) in [6.07, 6.45) is 6.55. The van der Waals surface area contributed by atoms with Crippen LogP contribution in [0.25, 0.3) is 0 Å². The zero-order valence-corrected chi connectivity index (χ0v) is 23.1. The fourth-order valence-electron chi connectivity index (χ4n) is 5.11. The van der Waals surface area contributed by atoms with E-state index in [1.54, 1.807) is 0 Å². The molecule has 2 saturated heterocycles. The van der Waals surface area contributed by atoms with Gasteiger partial charge in [0.15, 0.2) is 5.84 Å². The molecule has 2 aromatic carbocycles. The van der Waals surface area contributed by atoms with Gasteiger partial charge in [-0.25, -0.2) is 0 Å². The molecule has 2 fully saturated rings. The second-order valence-corrected chi connectivity index (χ2v) is 10.4. The molecule has 0 spiro atoms. The van der Waals surface area contributed by atoms with Crippen LogP contribution in [0, 0.1) is 10.1 Å². The second-order valence-electron chi connectivity index (χ2n) is 10.4. The van der Waals surface area contributed by atoms with E-state index in [0.29, 0.717) is 38.6 Å². The van der Waals surface area contributed by atoms with Crippen molar-refractivity contribution in [3.05, 3.63) is 69.8 Å². The first kappa shape index (κ1) is 28.8. The highest BCUT2D eigenvalue weighted by Gasteiger charge is 2.13. The molecular weight excluding hydrogens is 494 g/mol. The molecule has 2 aliphatic heterocycles. The lowest BCUT2D eigenvalue weighted by Gasteiger charge is -2.15. The van der Waals surface area contributed by atoms with Gasteiger partial charge in [-0.1, -0.05) is 24.3 Å². The molecule has 2 heterocycles. The normalized spacial score (nSPS) is 16.5. The summed E-state index contributed by atoms with van der Waals surface area (Å²) >= 11 is 0. The minimum absolute atomic E-state index is 0.307. The quantitative estimate of drug-likeness (QED) is 0.112. The monoisotopic (exact) mass is 537 g/mol. The highest BCUT2D eigenvalue weighted by molar-refractivity contribution is 5.83. The summed E-state index contributed by atoms with van der Waals surface area (Å²) in [7, 11) is 0. The third kappa shape index (κ3) is 10.8. The van der Waals surface area contributed by atoms with Gasteiger partial charge in [0.2, 0.25) is 0 Å². The first-order valence-electron chi connectivity index (χ1n) is 14.4. The van der Waals surface area contributed by atoms with Gasteiger partial charge in [-0.15, -0.1) is 0 Å². The molecule has 0 bridgehead atoms. The third-order valence-corrected chi connectivity index (χ3v) is 7.08. The molecule has 39 heavy (non-hydrogen) atoms. The van der Waals surface area contributed by atoms with Crippen molar-refractivity contribution in [1.29, 1.82) is 0 Å². The molecule has 1 N–H and O–H groups in total. The largest absolute Gasteiger partial charge is 0.494 e. The van der Waals surface area contributed by atoms with E-state index in [0.717, 1.165) is 31.0 Å². The van der Waals surface area contributed by atoms with Gasteiger partial charge in [0.25, 0.3) is 6.54 Å². The minimum atomic E-state index is -0.351. The molecular formula is C30H43N5O4. The molecule has 0 atom stereocenters. The lowest BCUT2D eigenvalue weighted by Crippen LogP contribution is -2.32. The van der Waals surface area contributed by atoms with Crippen LogP contribution in [0.1, 0.15) is 49.7 Å². The number of rotatable bonds is 16. The van der Waals surface area contributed by atoms with Crippen LogP contribution in [0.4, 0.5) is 0 Å². The Hall–Kier alpha value is -3.17. The molecule has 9 nitrogen and oxygen atoms in total. The van der Waals surface area contributed by atoms with Crippen molar-refractivity contribution in [3.63, 3.8) is 0 Å². The van der Waals surface area contributed by atoms with E-state index in [4.69, 9.17) is 9.47 Å². The number of aliphatic imine (C=N–C) groups is 1. The number of nitrogens with one attached hydrogen (secondary N) is 1. The van der Waals surface area contributed by atoms with Gasteiger partial charge in [0.1, 0.15) is 11.5 Å². The van der Waals surface area contributed by atoms with E-state index in [2.05, 4.69) is 44.4 Å². The Bertz CT molecular complexity index is 1050. The van der Waals surface area contributed by atoms with Crippen molar-refractivity contribution >= 4 is 5.84 Å². The van der Waals surface area contributed by atoms with Gasteiger partial charge in [0, 0.05) is 37.5 Å². The van der Waals surface area contributed by atoms with Crippen LogP contribution < -0.4 is 14.8 Å². The van der Waals surface area contributed by atoms with E-state index in [-0.39, 0.29) is 11.5 Å². The average Bonchev–Trinajstić information content (AvgIpc) is 3.63. The van der Waals surface area contributed by atoms with Gasteiger partial charge in [-0.05, 0) is 93.7 Å². The summed E-state index contributed by atoms with van der Waals surface area (Å²) in [6.45, 7) is 8.41. The fraction of sp³-hybridized carbons (Fsp3) is 0.567. The number of nitro groups is 1. The van der Waals surface area contributed by atoms with Crippen molar-refractivity contribution in [2.45, 2.75) is 51.6 Å². The van der Waals surface area contributed by atoms with E-state index >= 15 is 0 Å². The highest BCUT2D eigenvalue weighted by atomic mass is 16.6. The van der Waals surface area contributed by atoms with Crippen LogP contribution in [-0.4, -0.2) is 79.6 Å². The zero-order chi connectivity index (χ0) is 27.1. The summed E-state index contributed by atoms with van der Waals surface area (Å²) in [6, 6.07) is 16.5. The van der Waals surface area contributed by atoms with Gasteiger partial charge in [-0.3, -0.25) is 24.9 Å². The van der Waals surface area contributed by atoms with Crippen LogP contribution in [0.15, 0.2) is 53.5 Å². The summed E-state index contributed by atoms with van der Waals surface area (Å²) in [5.74, 6) is 2.13.